The lowest BCUT2D eigenvalue weighted by Gasteiger charge is -2.11. The van der Waals surface area contributed by atoms with Gasteiger partial charge in [-0.1, -0.05) is 18.2 Å². The molecule has 0 bridgehead atoms. The van der Waals surface area contributed by atoms with Crippen LogP contribution in [0.15, 0.2) is 36.5 Å². The average Bonchev–Trinajstić information content (AvgIpc) is 2.92. The van der Waals surface area contributed by atoms with E-state index in [4.69, 9.17) is 4.74 Å². The molecule has 94 valence electrons. The maximum absolute atomic E-state index is 5.39. The van der Waals surface area contributed by atoms with Crippen molar-refractivity contribution < 1.29 is 4.74 Å². The summed E-state index contributed by atoms with van der Waals surface area (Å²) in [5.41, 5.74) is 2.23. The topological polar surface area (TPSA) is 34.1 Å². The van der Waals surface area contributed by atoms with Crippen LogP contribution in [0.3, 0.4) is 0 Å². The van der Waals surface area contributed by atoms with Gasteiger partial charge in [-0.25, -0.2) is 0 Å². The smallest absolute Gasteiger partial charge is 0.0722 e. The first-order valence-corrected chi connectivity index (χ1v) is 6.59. The molecule has 2 aromatic rings. The maximum atomic E-state index is 5.39. The number of pyridine rings is 1. The van der Waals surface area contributed by atoms with Crippen molar-refractivity contribution in [3.63, 3.8) is 0 Å². The van der Waals surface area contributed by atoms with E-state index in [1.54, 1.807) is 0 Å². The van der Waals surface area contributed by atoms with E-state index in [1.165, 1.54) is 23.9 Å². The third kappa shape index (κ3) is 2.46. The number of rotatable bonds is 4. The Hall–Kier alpha value is -1.61. The highest BCUT2D eigenvalue weighted by Crippen LogP contribution is 2.22. The van der Waals surface area contributed by atoms with Gasteiger partial charge >= 0.3 is 0 Å². The van der Waals surface area contributed by atoms with Crippen LogP contribution >= 0.6 is 0 Å². The Morgan fingerprint density at radius 2 is 2.22 bits per heavy atom. The number of aromatic nitrogens is 1. The minimum atomic E-state index is 0.727. The second-order valence-electron chi connectivity index (χ2n) is 4.82. The number of anilines is 1. The van der Waals surface area contributed by atoms with Crippen LogP contribution in [-0.4, -0.2) is 24.7 Å². The van der Waals surface area contributed by atoms with Crippen molar-refractivity contribution in [2.45, 2.75) is 12.8 Å². The zero-order valence-electron chi connectivity index (χ0n) is 10.4. The normalized spacial score (nSPS) is 19.2. The Morgan fingerprint density at radius 1 is 1.28 bits per heavy atom. The molecule has 1 aliphatic heterocycles. The lowest BCUT2D eigenvalue weighted by atomic mass is 10.1. The molecular weight excluding hydrogens is 224 g/mol. The number of nitrogens with zero attached hydrogens (tertiary/aromatic N) is 1. The van der Waals surface area contributed by atoms with Crippen molar-refractivity contribution in [1.82, 2.24) is 4.98 Å². The Bertz CT molecular complexity index is 515. The first-order valence-electron chi connectivity index (χ1n) is 6.59. The van der Waals surface area contributed by atoms with E-state index in [9.17, 15) is 0 Å². The molecule has 1 aromatic heterocycles. The first kappa shape index (κ1) is 11.5. The SMILES string of the molecule is c1ccc2c(NCCC3CCOC3)ccnc2c1. The minimum Gasteiger partial charge on any atom is -0.384 e. The molecule has 0 amide bonds. The molecule has 1 unspecified atom stereocenters. The number of ether oxygens (including phenoxy) is 1. The van der Waals surface area contributed by atoms with Crippen molar-refractivity contribution in [3.8, 4) is 0 Å². The largest absolute Gasteiger partial charge is 0.384 e. The number of fused-ring (bicyclic) bond motifs is 1. The van der Waals surface area contributed by atoms with Gasteiger partial charge < -0.3 is 10.1 Å². The predicted octanol–water partition coefficient (Wildman–Crippen LogP) is 3.07. The van der Waals surface area contributed by atoms with E-state index >= 15 is 0 Å². The molecule has 1 saturated heterocycles. The van der Waals surface area contributed by atoms with Crippen LogP contribution in [0.5, 0.6) is 0 Å². The Kier molecular flexibility index (Phi) is 3.42. The number of hydrogen-bond donors (Lipinski definition) is 1. The van der Waals surface area contributed by atoms with Gasteiger partial charge in [-0.3, -0.25) is 4.98 Å². The summed E-state index contributed by atoms with van der Waals surface area (Å²) >= 11 is 0. The zero-order valence-corrected chi connectivity index (χ0v) is 10.4. The van der Waals surface area contributed by atoms with Gasteiger partial charge in [-0.15, -0.1) is 0 Å². The van der Waals surface area contributed by atoms with Crippen molar-refractivity contribution in [3.05, 3.63) is 36.5 Å². The second kappa shape index (κ2) is 5.36. The third-order valence-electron chi connectivity index (χ3n) is 3.54. The van der Waals surface area contributed by atoms with Crippen LogP contribution in [0, 0.1) is 5.92 Å². The van der Waals surface area contributed by atoms with E-state index in [1.807, 2.05) is 24.4 Å². The quantitative estimate of drug-likeness (QED) is 0.894. The summed E-state index contributed by atoms with van der Waals surface area (Å²) in [5, 5.41) is 4.72. The van der Waals surface area contributed by atoms with Crippen molar-refractivity contribution >= 4 is 16.6 Å². The highest BCUT2D eigenvalue weighted by atomic mass is 16.5. The molecule has 0 saturated carbocycles. The van der Waals surface area contributed by atoms with Crippen LogP contribution in [0.1, 0.15) is 12.8 Å². The molecule has 1 N–H and O–H groups in total. The van der Waals surface area contributed by atoms with Gasteiger partial charge in [0.15, 0.2) is 0 Å². The maximum Gasteiger partial charge on any atom is 0.0722 e. The van der Waals surface area contributed by atoms with E-state index in [0.717, 1.165) is 31.2 Å². The summed E-state index contributed by atoms with van der Waals surface area (Å²) in [5.74, 6) is 0.727. The van der Waals surface area contributed by atoms with E-state index in [2.05, 4.69) is 22.4 Å². The third-order valence-corrected chi connectivity index (χ3v) is 3.54. The molecular formula is C15H18N2O. The fraction of sp³-hybridized carbons (Fsp3) is 0.400. The minimum absolute atomic E-state index is 0.727. The van der Waals surface area contributed by atoms with Crippen LogP contribution < -0.4 is 5.32 Å². The summed E-state index contributed by atoms with van der Waals surface area (Å²) in [6.07, 6.45) is 4.25. The Labute approximate surface area is 107 Å². The van der Waals surface area contributed by atoms with Gasteiger partial charge in [0, 0.05) is 37.0 Å². The highest BCUT2D eigenvalue weighted by molar-refractivity contribution is 5.90. The van der Waals surface area contributed by atoms with Gasteiger partial charge in [0.1, 0.15) is 0 Å². The molecule has 2 heterocycles. The van der Waals surface area contributed by atoms with Gasteiger partial charge in [-0.05, 0) is 30.9 Å². The molecule has 0 aliphatic carbocycles. The van der Waals surface area contributed by atoms with Crippen LogP contribution in [-0.2, 0) is 4.74 Å². The Balaban J connectivity index is 1.66. The highest BCUT2D eigenvalue weighted by Gasteiger charge is 2.14. The number of para-hydroxylation sites is 1. The predicted molar refractivity (Wildman–Crippen MR) is 73.8 cm³/mol. The van der Waals surface area contributed by atoms with E-state index < -0.39 is 0 Å². The molecule has 18 heavy (non-hydrogen) atoms. The van der Waals surface area contributed by atoms with Crippen molar-refractivity contribution in [2.75, 3.05) is 25.1 Å². The van der Waals surface area contributed by atoms with Crippen molar-refractivity contribution in [2.24, 2.45) is 5.92 Å². The molecule has 3 rings (SSSR count). The summed E-state index contributed by atoms with van der Waals surface area (Å²) in [6.45, 7) is 2.86. The monoisotopic (exact) mass is 242 g/mol. The zero-order chi connectivity index (χ0) is 12.2. The molecule has 1 fully saturated rings. The molecule has 0 radical (unpaired) electrons. The summed E-state index contributed by atoms with van der Waals surface area (Å²) in [4.78, 5) is 4.37. The fourth-order valence-corrected chi connectivity index (χ4v) is 2.47. The lowest BCUT2D eigenvalue weighted by molar-refractivity contribution is 0.185. The summed E-state index contributed by atoms with van der Waals surface area (Å²) < 4.78 is 5.39. The lowest BCUT2D eigenvalue weighted by Crippen LogP contribution is -2.09. The van der Waals surface area contributed by atoms with E-state index in [-0.39, 0.29) is 0 Å². The number of hydrogen-bond acceptors (Lipinski definition) is 3. The van der Waals surface area contributed by atoms with Gasteiger partial charge in [0.05, 0.1) is 5.52 Å². The molecule has 3 nitrogen and oxygen atoms in total. The average molecular weight is 242 g/mol. The fourth-order valence-electron chi connectivity index (χ4n) is 2.47. The van der Waals surface area contributed by atoms with Gasteiger partial charge in [-0.2, -0.15) is 0 Å². The number of benzene rings is 1. The van der Waals surface area contributed by atoms with Crippen LogP contribution in [0.2, 0.25) is 0 Å². The summed E-state index contributed by atoms with van der Waals surface area (Å²) in [7, 11) is 0. The first-order chi connectivity index (χ1) is 8.93. The van der Waals surface area contributed by atoms with Crippen molar-refractivity contribution in [1.29, 1.82) is 0 Å². The van der Waals surface area contributed by atoms with Gasteiger partial charge in [0.2, 0.25) is 0 Å². The van der Waals surface area contributed by atoms with Crippen LogP contribution in [0.25, 0.3) is 10.9 Å². The van der Waals surface area contributed by atoms with E-state index in [0.29, 0.717) is 0 Å². The molecule has 0 spiro atoms. The standard InChI is InChI=1S/C15H18N2O/c1-2-4-14-13(3-1)15(6-9-17-14)16-8-5-12-7-10-18-11-12/h1-4,6,9,12H,5,7-8,10-11H2,(H,16,17). The molecule has 1 aromatic carbocycles. The Morgan fingerprint density at radius 3 is 3.11 bits per heavy atom. The number of nitrogens with one attached hydrogen (secondary N) is 1. The summed E-state index contributed by atoms with van der Waals surface area (Å²) in [6, 6.07) is 10.3. The van der Waals surface area contributed by atoms with Gasteiger partial charge in [0.25, 0.3) is 0 Å². The molecule has 3 heteroatoms. The molecule has 1 atom stereocenters. The van der Waals surface area contributed by atoms with Crippen LogP contribution in [0.4, 0.5) is 5.69 Å². The second-order valence-corrected chi connectivity index (χ2v) is 4.82. The molecule has 1 aliphatic rings.